The molecule has 1 aliphatic heterocycles. The lowest BCUT2D eigenvalue weighted by Crippen LogP contribution is -2.33. The van der Waals surface area contributed by atoms with Gasteiger partial charge in [-0.15, -0.1) is 0 Å². The molecule has 7 nitrogen and oxygen atoms in total. The van der Waals surface area contributed by atoms with Crippen molar-refractivity contribution in [3.05, 3.63) is 47.6 Å². The summed E-state index contributed by atoms with van der Waals surface area (Å²) < 4.78 is 10.2. The lowest BCUT2D eigenvalue weighted by Gasteiger charge is -2.20. The Morgan fingerprint density at radius 3 is 3.04 bits per heavy atom. The van der Waals surface area contributed by atoms with Gasteiger partial charge in [-0.1, -0.05) is 0 Å². The number of ether oxygens (including phenoxy) is 1. The van der Waals surface area contributed by atoms with Crippen LogP contribution in [-0.4, -0.2) is 36.6 Å². The molecular weight excluding hydrogens is 316 g/mol. The van der Waals surface area contributed by atoms with E-state index >= 15 is 0 Å². The van der Waals surface area contributed by atoms with Crippen LogP contribution in [0, 0.1) is 13.8 Å². The Balaban J connectivity index is 1.53. The smallest absolute Gasteiger partial charge is 0.234 e. The zero-order valence-electron chi connectivity index (χ0n) is 14.9. The third-order valence-corrected chi connectivity index (χ3v) is 4.84. The number of imidazole rings is 2. The molecule has 0 aromatic carbocycles. The highest BCUT2D eigenvalue weighted by Crippen LogP contribution is 2.28. The zero-order valence-corrected chi connectivity index (χ0v) is 14.9. The predicted molar refractivity (Wildman–Crippen MR) is 94.3 cm³/mol. The molecule has 4 rings (SSSR count). The Morgan fingerprint density at radius 1 is 1.32 bits per heavy atom. The van der Waals surface area contributed by atoms with E-state index in [-0.39, 0.29) is 12.1 Å². The first-order valence-corrected chi connectivity index (χ1v) is 8.84. The van der Waals surface area contributed by atoms with E-state index in [1.807, 2.05) is 25.5 Å². The van der Waals surface area contributed by atoms with E-state index in [1.165, 1.54) is 0 Å². The van der Waals surface area contributed by atoms with Crippen LogP contribution in [-0.2, 0) is 17.8 Å². The van der Waals surface area contributed by atoms with E-state index < -0.39 is 0 Å². The summed E-state index contributed by atoms with van der Waals surface area (Å²) in [5.41, 5.74) is 3.26. The third-order valence-electron chi connectivity index (χ3n) is 4.84. The first-order valence-electron chi connectivity index (χ1n) is 8.84. The van der Waals surface area contributed by atoms with Crippen molar-refractivity contribution in [1.82, 2.24) is 29.2 Å². The molecule has 0 aliphatic carbocycles. The molecule has 0 bridgehead atoms. The lowest BCUT2D eigenvalue weighted by atomic mass is 10.1. The van der Waals surface area contributed by atoms with Crippen LogP contribution in [0.15, 0.2) is 24.7 Å². The maximum atomic E-state index is 5.97. The Bertz CT molecular complexity index is 883. The van der Waals surface area contributed by atoms with Crippen molar-refractivity contribution in [3.63, 3.8) is 0 Å². The molecule has 3 aromatic heterocycles. The van der Waals surface area contributed by atoms with Gasteiger partial charge in [0.25, 0.3) is 0 Å². The van der Waals surface area contributed by atoms with Crippen molar-refractivity contribution in [2.24, 2.45) is 0 Å². The maximum absolute atomic E-state index is 5.97. The zero-order chi connectivity index (χ0) is 17.4. The molecule has 0 unspecified atom stereocenters. The van der Waals surface area contributed by atoms with Gasteiger partial charge in [0.2, 0.25) is 5.78 Å². The highest BCUT2D eigenvalue weighted by Gasteiger charge is 2.32. The molecule has 0 saturated carbocycles. The third kappa shape index (κ3) is 2.94. The van der Waals surface area contributed by atoms with Crippen molar-refractivity contribution in [3.8, 4) is 0 Å². The van der Waals surface area contributed by atoms with E-state index in [1.54, 1.807) is 0 Å². The summed E-state index contributed by atoms with van der Waals surface area (Å²) in [5.74, 6) is 1.76. The van der Waals surface area contributed by atoms with Gasteiger partial charge < -0.3 is 14.6 Å². The maximum Gasteiger partial charge on any atom is 0.234 e. The molecule has 3 aromatic rings. The second-order valence-corrected chi connectivity index (χ2v) is 6.56. The SMILES string of the molecule is CCn1ccnc1[C@H]1OCC[C@@H]1NCc1cnc2nc(C)cc(C)n12. The number of nitrogens with one attached hydrogen (secondary N) is 1. The molecule has 1 N–H and O–H groups in total. The van der Waals surface area contributed by atoms with Crippen molar-refractivity contribution in [2.45, 2.75) is 52.4 Å². The first kappa shape index (κ1) is 16.2. The summed E-state index contributed by atoms with van der Waals surface area (Å²) in [4.78, 5) is 13.5. The molecule has 1 saturated heterocycles. The van der Waals surface area contributed by atoms with Gasteiger partial charge in [0.15, 0.2) is 0 Å². The molecular formula is C18H24N6O. The van der Waals surface area contributed by atoms with Gasteiger partial charge in [-0.25, -0.2) is 15.0 Å². The van der Waals surface area contributed by atoms with Crippen LogP contribution in [0.3, 0.4) is 0 Å². The van der Waals surface area contributed by atoms with Crippen LogP contribution in [0.25, 0.3) is 5.78 Å². The number of fused-ring (bicyclic) bond motifs is 1. The van der Waals surface area contributed by atoms with Gasteiger partial charge in [0.1, 0.15) is 11.9 Å². The Hall–Kier alpha value is -2.25. The molecule has 7 heteroatoms. The fourth-order valence-corrected chi connectivity index (χ4v) is 3.65. The minimum absolute atomic E-state index is 0.00407. The Morgan fingerprint density at radius 2 is 2.20 bits per heavy atom. The first-order chi connectivity index (χ1) is 12.2. The average molecular weight is 340 g/mol. The minimum Gasteiger partial charge on any atom is -0.369 e. The number of rotatable bonds is 5. The second kappa shape index (κ2) is 6.57. The highest BCUT2D eigenvalue weighted by atomic mass is 16.5. The quantitative estimate of drug-likeness (QED) is 0.771. The van der Waals surface area contributed by atoms with Crippen LogP contribution in [0.4, 0.5) is 0 Å². The molecule has 1 aliphatic rings. The molecule has 132 valence electrons. The van der Waals surface area contributed by atoms with Crippen LogP contribution in [0.2, 0.25) is 0 Å². The molecule has 25 heavy (non-hydrogen) atoms. The monoisotopic (exact) mass is 340 g/mol. The lowest BCUT2D eigenvalue weighted by molar-refractivity contribution is 0.0885. The molecule has 0 amide bonds. The summed E-state index contributed by atoms with van der Waals surface area (Å²) >= 11 is 0. The topological polar surface area (TPSA) is 69.3 Å². The minimum atomic E-state index is -0.00407. The van der Waals surface area contributed by atoms with Crippen LogP contribution in [0.5, 0.6) is 0 Å². The Kier molecular flexibility index (Phi) is 4.27. The van der Waals surface area contributed by atoms with Crippen LogP contribution in [0.1, 0.15) is 42.4 Å². The predicted octanol–water partition coefficient (Wildman–Crippen LogP) is 2.18. The highest BCUT2D eigenvalue weighted by molar-refractivity contribution is 5.35. The summed E-state index contributed by atoms with van der Waals surface area (Å²) in [6.07, 6.45) is 6.74. The fourth-order valence-electron chi connectivity index (χ4n) is 3.65. The van der Waals surface area contributed by atoms with Gasteiger partial charge in [-0.05, 0) is 33.3 Å². The van der Waals surface area contributed by atoms with Crippen LogP contribution >= 0.6 is 0 Å². The number of hydrogen-bond donors (Lipinski definition) is 1. The fraction of sp³-hybridized carbons (Fsp3) is 0.500. The van der Waals surface area contributed by atoms with Crippen molar-refractivity contribution < 1.29 is 4.74 Å². The van der Waals surface area contributed by atoms with Crippen molar-refractivity contribution >= 4 is 5.78 Å². The summed E-state index contributed by atoms with van der Waals surface area (Å²) in [6, 6.07) is 2.33. The van der Waals surface area contributed by atoms with Crippen LogP contribution < -0.4 is 5.32 Å². The van der Waals surface area contributed by atoms with Gasteiger partial charge in [-0.3, -0.25) is 4.40 Å². The molecule has 2 atom stereocenters. The normalized spacial score (nSPS) is 20.6. The van der Waals surface area contributed by atoms with E-state index in [0.717, 1.165) is 54.8 Å². The van der Waals surface area contributed by atoms with E-state index in [9.17, 15) is 0 Å². The number of aromatic nitrogens is 5. The van der Waals surface area contributed by atoms with Crippen molar-refractivity contribution in [1.29, 1.82) is 0 Å². The molecule has 0 radical (unpaired) electrons. The van der Waals surface area contributed by atoms with Gasteiger partial charge in [-0.2, -0.15) is 0 Å². The average Bonchev–Trinajstić information content (AvgIpc) is 3.31. The number of nitrogens with zero attached hydrogens (tertiary/aromatic N) is 5. The van der Waals surface area contributed by atoms with E-state index in [4.69, 9.17) is 4.74 Å². The van der Waals surface area contributed by atoms with E-state index in [0.29, 0.717) is 0 Å². The summed E-state index contributed by atoms with van der Waals surface area (Å²) in [6.45, 7) is 8.59. The second-order valence-electron chi connectivity index (χ2n) is 6.56. The standard InChI is InChI=1S/C18H24N6O/c1-4-23-7-6-19-17(23)16-15(5-8-25-16)20-10-14-11-21-18-22-12(2)9-13(3)24(14)18/h6-7,9,11,15-16,20H,4-5,8,10H2,1-3H3/t15-,16-/m0/s1. The summed E-state index contributed by atoms with van der Waals surface area (Å²) in [5, 5.41) is 3.64. The van der Waals surface area contributed by atoms with Gasteiger partial charge in [0.05, 0.1) is 11.9 Å². The summed E-state index contributed by atoms with van der Waals surface area (Å²) in [7, 11) is 0. The van der Waals surface area contributed by atoms with Gasteiger partial charge in [0, 0.05) is 49.5 Å². The largest absolute Gasteiger partial charge is 0.369 e. The van der Waals surface area contributed by atoms with Crippen molar-refractivity contribution in [2.75, 3.05) is 6.61 Å². The molecule has 1 fully saturated rings. The van der Waals surface area contributed by atoms with E-state index in [2.05, 4.69) is 49.2 Å². The Labute approximate surface area is 147 Å². The molecule has 4 heterocycles. The number of hydrogen-bond acceptors (Lipinski definition) is 5. The molecule has 0 spiro atoms. The van der Waals surface area contributed by atoms with Gasteiger partial charge >= 0.3 is 0 Å². The number of aryl methyl sites for hydroxylation is 3.